The van der Waals surface area contributed by atoms with E-state index in [-0.39, 0.29) is 17.9 Å². The predicted octanol–water partition coefficient (Wildman–Crippen LogP) is 0.995. The summed E-state index contributed by atoms with van der Waals surface area (Å²) < 4.78 is 0. The van der Waals surface area contributed by atoms with Gasteiger partial charge in [0.05, 0.1) is 6.10 Å². The van der Waals surface area contributed by atoms with Crippen molar-refractivity contribution < 1.29 is 9.90 Å². The molecule has 1 amide bonds. The van der Waals surface area contributed by atoms with Gasteiger partial charge in [-0.15, -0.1) is 0 Å². The van der Waals surface area contributed by atoms with Crippen molar-refractivity contribution in [1.29, 1.82) is 0 Å². The van der Waals surface area contributed by atoms with E-state index in [0.717, 1.165) is 39.0 Å². The highest BCUT2D eigenvalue weighted by Gasteiger charge is 2.29. The SMILES string of the molecule is CC(O)C1CCN(C(=O)CCC2CCCNC2)C1. The molecule has 0 radical (unpaired) electrons. The molecule has 0 aliphatic carbocycles. The summed E-state index contributed by atoms with van der Waals surface area (Å²) in [5.41, 5.74) is 0. The predicted molar refractivity (Wildman–Crippen MR) is 71.2 cm³/mol. The van der Waals surface area contributed by atoms with Crippen LogP contribution in [0.2, 0.25) is 0 Å². The molecule has 0 aromatic carbocycles. The average Bonchev–Trinajstić information content (AvgIpc) is 2.87. The number of amides is 1. The molecule has 2 N–H and O–H groups in total. The van der Waals surface area contributed by atoms with E-state index in [2.05, 4.69) is 5.32 Å². The summed E-state index contributed by atoms with van der Waals surface area (Å²) in [6.07, 6.45) is 4.86. The van der Waals surface area contributed by atoms with E-state index in [0.29, 0.717) is 12.3 Å². The molecule has 3 atom stereocenters. The summed E-state index contributed by atoms with van der Waals surface area (Å²) in [5.74, 6) is 1.24. The van der Waals surface area contributed by atoms with Crippen LogP contribution in [-0.2, 0) is 4.79 Å². The number of hydrogen-bond acceptors (Lipinski definition) is 3. The van der Waals surface area contributed by atoms with Crippen LogP contribution in [-0.4, -0.2) is 48.2 Å². The Kier molecular flexibility index (Phi) is 5.01. The summed E-state index contributed by atoms with van der Waals surface area (Å²) in [6, 6.07) is 0. The molecule has 2 rings (SSSR count). The normalized spacial score (nSPS) is 30.4. The molecule has 2 fully saturated rings. The Morgan fingerprint density at radius 3 is 2.94 bits per heavy atom. The van der Waals surface area contributed by atoms with Crippen molar-refractivity contribution in [2.45, 2.75) is 45.1 Å². The summed E-state index contributed by atoms with van der Waals surface area (Å²) in [7, 11) is 0. The lowest BCUT2D eigenvalue weighted by atomic mass is 9.94. The van der Waals surface area contributed by atoms with E-state index in [9.17, 15) is 9.90 Å². The third-order valence-electron chi connectivity index (χ3n) is 4.43. The highest BCUT2D eigenvalue weighted by atomic mass is 16.3. The van der Waals surface area contributed by atoms with Gasteiger partial charge in [0.25, 0.3) is 0 Å². The van der Waals surface area contributed by atoms with E-state index < -0.39 is 0 Å². The lowest BCUT2D eigenvalue weighted by Crippen LogP contribution is -2.33. The van der Waals surface area contributed by atoms with Gasteiger partial charge in [-0.05, 0) is 51.6 Å². The van der Waals surface area contributed by atoms with Crippen LogP contribution in [0.15, 0.2) is 0 Å². The Morgan fingerprint density at radius 1 is 1.50 bits per heavy atom. The minimum absolute atomic E-state index is 0.281. The van der Waals surface area contributed by atoms with Crippen LogP contribution in [0.1, 0.15) is 39.0 Å². The first-order valence-corrected chi connectivity index (χ1v) is 7.33. The highest BCUT2D eigenvalue weighted by Crippen LogP contribution is 2.22. The van der Waals surface area contributed by atoms with Crippen molar-refractivity contribution in [3.05, 3.63) is 0 Å². The maximum Gasteiger partial charge on any atom is 0.222 e. The Bertz CT molecular complexity index is 275. The zero-order chi connectivity index (χ0) is 13.0. The fraction of sp³-hybridized carbons (Fsp3) is 0.929. The number of hydrogen-bond donors (Lipinski definition) is 2. The van der Waals surface area contributed by atoms with E-state index in [1.165, 1.54) is 12.8 Å². The number of piperidine rings is 1. The van der Waals surface area contributed by atoms with Gasteiger partial charge in [0.15, 0.2) is 0 Å². The standard InChI is InChI=1S/C14H26N2O2/c1-11(17)13-6-8-16(10-13)14(18)5-4-12-3-2-7-15-9-12/h11-13,15,17H,2-10H2,1H3. The van der Waals surface area contributed by atoms with Gasteiger partial charge in [-0.1, -0.05) is 0 Å². The second-order valence-electron chi connectivity index (χ2n) is 5.88. The van der Waals surface area contributed by atoms with Crippen LogP contribution in [0.25, 0.3) is 0 Å². The first-order chi connectivity index (χ1) is 8.66. The van der Waals surface area contributed by atoms with Gasteiger partial charge in [0.1, 0.15) is 0 Å². The van der Waals surface area contributed by atoms with Crippen LogP contribution in [0, 0.1) is 11.8 Å². The Morgan fingerprint density at radius 2 is 2.33 bits per heavy atom. The third-order valence-corrected chi connectivity index (χ3v) is 4.43. The smallest absolute Gasteiger partial charge is 0.222 e. The van der Waals surface area contributed by atoms with Crippen molar-refractivity contribution in [3.63, 3.8) is 0 Å². The number of carbonyl (C=O) groups is 1. The first-order valence-electron chi connectivity index (χ1n) is 7.33. The van der Waals surface area contributed by atoms with E-state index >= 15 is 0 Å². The second-order valence-corrected chi connectivity index (χ2v) is 5.88. The maximum absolute atomic E-state index is 12.1. The Labute approximate surface area is 110 Å². The molecule has 18 heavy (non-hydrogen) atoms. The van der Waals surface area contributed by atoms with Crippen LogP contribution >= 0.6 is 0 Å². The first kappa shape index (κ1) is 13.8. The monoisotopic (exact) mass is 254 g/mol. The van der Waals surface area contributed by atoms with Crippen LogP contribution in [0.4, 0.5) is 0 Å². The van der Waals surface area contributed by atoms with Crippen LogP contribution in [0.5, 0.6) is 0 Å². The number of aliphatic hydroxyl groups is 1. The summed E-state index contributed by atoms with van der Waals surface area (Å²) in [4.78, 5) is 14.0. The van der Waals surface area contributed by atoms with Crippen molar-refractivity contribution in [2.24, 2.45) is 11.8 Å². The molecule has 4 nitrogen and oxygen atoms in total. The Hall–Kier alpha value is -0.610. The lowest BCUT2D eigenvalue weighted by Gasteiger charge is -2.24. The molecule has 2 heterocycles. The van der Waals surface area contributed by atoms with Crippen molar-refractivity contribution in [3.8, 4) is 0 Å². The number of nitrogens with zero attached hydrogens (tertiary/aromatic N) is 1. The molecule has 0 spiro atoms. The van der Waals surface area contributed by atoms with Crippen molar-refractivity contribution >= 4 is 5.91 Å². The van der Waals surface area contributed by atoms with E-state index in [1.54, 1.807) is 0 Å². The van der Waals surface area contributed by atoms with Gasteiger partial charge in [0, 0.05) is 25.4 Å². The zero-order valence-electron chi connectivity index (χ0n) is 11.4. The molecule has 104 valence electrons. The molecule has 2 aliphatic rings. The van der Waals surface area contributed by atoms with Gasteiger partial charge < -0.3 is 15.3 Å². The van der Waals surface area contributed by atoms with Crippen molar-refractivity contribution in [1.82, 2.24) is 10.2 Å². The number of rotatable bonds is 4. The van der Waals surface area contributed by atoms with Gasteiger partial charge in [0.2, 0.25) is 5.91 Å². The van der Waals surface area contributed by atoms with Crippen LogP contribution in [0.3, 0.4) is 0 Å². The van der Waals surface area contributed by atoms with Gasteiger partial charge in [-0.25, -0.2) is 0 Å². The molecule has 3 unspecified atom stereocenters. The van der Waals surface area contributed by atoms with Gasteiger partial charge in [-0.2, -0.15) is 0 Å². The number of likely N-dealkylation sites (tertiary alicyclic amines) is 1. The minimum Gasteiger partial charge on any atom is -0.393 e. The molecular formula is C14H26N2O2. The summed E-state index contributed by atoms with van der Waals surface area (Å²) in [5, 5.41) is 12.9. The summed E-state index contributed by atoms with van der Waals surface area (Å²) >= 11 is 0. The average molecular weight is 254 g/mol. The number of carbonyl (C=O) groups excluding carboxylic acids is 1. The van der Waals surface area contributed by atoms with E-state index in [1.807, 2.05) is 11.8 Å². The fourth-order valence-electron chi connectivity index (χ4n) is 3.06. The molecular weight excluding hydrogens is 228 g/mol. The fourth-order valence-corrected chi connectivity index (χ4v) is 3.06. The molecule has 0 aromatic heterocycles. The molecule has 2 saturated heterocycles. The quantitative estimate of drug-likeness (QED) is 0.787. The number of nitrogens with one attached hydrogen (secondary N) is 1. The molecule has 0 saturated carbocycles. The molecule has 0 bridgehead atoms. The lowest BCUT2D eigenvalue weighted by molar-refractivity contribution is -0.130. The molecule has 0 aromatic rings. The van der Waals surface area contributed by atoms with Crippen LogP contribution < -0.4 is 5.32 Å². The largest absolute Gasteiger partial charge is 0.393 e. The van der Waals surface area contributed by atoms with E-state index in [4.69, 9.17) is 0 Å². The summed E-state index contributed by atoms with van der Waals surface area (Å²) in [6.45, 7) is 5.61. The molecule has 4 heteroatoms. The number of aliphatic hydroxyl groups excluding tert-OH is 1. The Balaban J connectivity index is 1.68. The van der Waals surface area contributed by atoms with Gasteiger partial charge in [-0.3, -0.25) is 4.79 Å². The minimum atomic E-state index is -0.287. The van der Waals surface area contributed by atoms with Crippen molar-refractivity contribution in [2.75, 3.05) is 26.2 Å². The zero-order valence-corrected chi connectivity index (χ0v) is 11.4. The molecule has 2 aliphatic heterocycles. The topological polar surface area (TPSA) is 52.6 Å². The third kappa shape index (κ3) is 3.69. The highest BCUT2D eigenvalue weighted by molar-refractivity contribution is 5.76. The van der Waals surface area contributed by atoms with Gasteiger partial charge >= 0.3 is 0 Å². The second kappa shape index (κ2) is 6.53. The maximum atomic E-state index is 12.1.